The third kappa shape index (κ3) is 12.4. The van der Waals surface area contributed by atoms with Crippen LogP contribution in [-0.4, -0.2) is 17.8 Å². The van der Waals surface area contributed by atoms with Gasteiger partial charge in [0, 0.05) is 6.54 Å². The second kappa shape index (κ2) is 12.6. The summed E-state index contributed by atoms with van der Waals surface area (Å²) >= 11 is 0. The molecule has 5 heteroatoms. The van der Waals surface area contributed by atoms with Crippen LogP contribution in [0.15, 0.2) is 61.5 Å². The van der Waals surface area contributed by atoms with Crippen LogP contribution in [0.1, 0.15) is 19.3 Å². The molecule has 0 fully saturated rings. The largest absolute Gasteiger partial charge is 0.388 e. The van der Waals surface area contributed by atoms with Gasteiger partial charge < -0.3 is 5.32 Å². The maximum atomic E-state index is 10.3. The summed E-state index contributed by atoms with van der Waals surface area (Å²) in [6, 6.07) is 0. The smallest absolute Gasteiger partial charge is 0.230 e. The standard InChI is InChI=1S/C16H22N2O3/c1-3-16(10-7-13-18(20)21)9-6-12-17-11-5-4-8-15(2)14-19/h3,5-7,9,11,13-14,16-17H,1-2,4,8,10,12H2/b9-6+,11-5+,13-7+. The highest BCUT2D eigenvalue weighted by Gasteiger charge is 1.96. The molecular formula is C16H22N2O3. The van der Waals surface area contributed by atoms with Crippen molar-refractivity contribution in [2.24, 2.45) is 5.92 Å². The van der Waals surface area contributed by atoms with E-state index in [1.807, 2.05) is 24.4 Å². The average molecular weight is 290 g/mol. The molecule has 1 unspecified atom stereocenters. The lowest BCUT2D eigenvalue weighted by atomic mass is 10.1. The molecule has 0 aliphatic heterocycles. The first kappa shape index (κ1) is 18.6. The Morgan fingerprint density at radius 3 is 2.71 bits per heavy atom. The van der Waals surface area contributed by atoms with Gasteiger partial charge in [-0.15, -0.1) is 6.58 Å². The Bertz CT molecular complexity index is 437. The van der Waals surface area contributed by atoms with Crippen LogP contribution in [-0.2, 0) is 4.79 Å². The Labute approximate surface area is 125 Å². The predicted molar refractivity (Wildman–Crippen MR) is 85.2 cm³/mol. The van der Waals surface area contributed by atoms with Gasteiger partial charge in [-0.05, 0) is 43.0 Å². The summed E-state index contributed by atoms with van der Waals surface area (Å²) in [5.41, 5.74) is 0.594. The Morgan fingerprint density at radius 2 is 2.10 bits per heavy atom. The minimum Gasteiger partial charge on any atom is -0.388 e. The van der Waals surface area contributed by atoms with Crippen LogP contribution < -0.4 is 5.32 Å². The zero-order chi connectivity index (χ0) is 15.9. The van der Waals surface area contributed by atoms with Crippen LogP contribution >= 0.6 is 0 Å². The molecule has 0 radical (unpaired) electrons. The van der Waals surface area contributed by atoms with Crippen LogP contribution in [0.25, 0.3) is 0 Å². The lowest BCUT2D eigenvalue weighted by Gasteiger charge is -2.02. The quantitative estimate of drug-likeness (QED) is 0.150. The summed E-state index contributed by atoms with van der Waals surface area (Å²) in [4.78, 5) is 20.0. The van der Waals surface area contributed by atoms with Crippen molar-refractivity contribution in [3.8, 4) is 0 Å². The van der Waals surface area contributed by atoms with Crippen molar-refractivity contribution < 1.29 is 9.72 Å². The predicted octanol–water partition coefficient (Wildman–Crippen LogP) is 3.16. The number of rotatable bonds is 12. The van der Waals surface area contributed by atoms with Gasteiger partial charge in [0.05, 0.1) is 4.92 Å². The van der Waals surface area contributed by atoms with E-state index >= 15 is 0 Å². The Hall–Kier alpha value is -2.43. The fourth-order valence-corrected chi connectivity index (χ4v) is 1.43. The van der Waals surface area contributed by atoms with Crippen LogP contribution in [0.5, 0.6) is 0 Å². The third-order valence-electron chi connectivity index (χ3n) is 2.59. The van der Waals surface area contributed by atoms with Crippen molar-refractivity contribution in [1.29, 1.82) is 0 Å². The molecule has 0 aromatic carbocycles. The number of aldehydes is 1. The maximum Gasteiger partial charge on any atom is 0.230 e. The second-order valence-corrected chi connectivity index (χ2v) is 4.36. The van der Waals surface area contributed by atoms with Gasteiger partial charge in [0.25, 0.3) is 0 Å². The molecule has 1 atom stereocenters. The fourth-order valence-electron chi connectivity index (χ4n) is 1.43. The van der Waals surface area contributed by atoms with E-state index in [-0.39, 0.29) is 5.92 Å². The number of nitrogens with zero attached hydrogens (tertiary/aromatic N) is 1. The van der Waals surface area contributed by atoms with E-state index in [1.165, 1.54) is 6.08 Å². The zero-order valence-electron chi connectivity index (χ0n) is 12.1. The molecule has 114 valence electrons. The van der Waals surface area contributed by atoms with E-state index in [1.54, 1.807) is 6.08 Å². The second-order valence-electron chi connectivity index (χ2n) is 4.36. The molecule has 0 aliphatic rings. The first-order valence-corrected chi connectivity index (χ1v) is 6.70. The highest BCUT2D eigenvalue weighted by Crippen LogP contribution is 2.07. The van der Waals surface area contributed by atoms with E-state index in [4.69, 9.17) is 0 Å². The van der Waals surface area contributed by atoms with E-state index < -0.39 is 4.92 Å². The molecule has 0 aliphatic carbocycles. The molecular weight excluding hydrogens is 268 g/mol. The summed E-state index contributed by atoms with van der Waals surface area (Å²) in [6.07, 6.45) is 14.6. The third-order valence-corrected chi connectivity index (χ3v) is 2.59. The van der Waals surface area contributed by atoms with E-state index in [0.29, 0.717) is 25.0 Å². The summed E-state index contributed by atoms with van der Waals surface area (Å²) in [7, 11) is 0. The monoisotopic (exact) mass is 290 g/mol. The molecule has 0 rings (SSSR count). The van der Waals surface area contributed by atoms with Crippen LogP contribution in [0.2, 0.25) is 0 Å². The molecule has 1 N–H and O–H groups in total. The molecule has 0 spiro atoms. The molecule has 0 bridgehead atoms. The summed E-state index contributed by atoms with van der Waals surface area (Å²) in [6.45, 7) is 7.95. The van der Waals surface area contributed by atoms with Gasteiger partial charge in [-0.2, -0.15) is 0 Å². The van der Waals surface area contributed by atoms with E-state index in [9.17, 15) is 14.9 Å². The van der Waals surface area contributed by atoms with Gasteiger partial charge in [-0.3, -0.25) is 14.9 Å². The van der Waals surface area contributed by atoms with Crippen LogP contribution in [0.4, 0.5) is 0 Å². The fraction of sp³-hybridized carbons (Fsp3) is 0.312. The average Bonchev–Trinajstić information content (AvgIpc) is 2.47. The van der Waals surface area contributed by atoms with Crippen molar-refractivity contribution in [1.82, 2.24) is 5.32 Å². The lowest BCUT2D eigenvalue weighted by Crippen LogP contribution is -2.04. The highest BCUT2D eigenvalue weighted by atomic mass is 16.6. The number of nitro groups is 1. The number of carbonyl (C=O) groups excluding carboxylic acids is 1. The molecule has 0 saturated heterocycles. The summed E-state index contributed by atoms with van der Waals surface area (Å²) in [5, 5.41) is 13.2. The number of allylic oxidation sites excluding steroid dienone is 5. The summed E-state index contributed by atoms with van der Waals surface area (Å²) in [5.74, 6) is 0.0860. The Balaban J connectivity index is 3.84. The van der Waals surface area contributed by atoms with Crippen molar-refractivity contribution in [3.63, 3.8) is 0 Å². The van der Waals surface area contributed by atoms with Crippen LogP contribution in [0.3, 0.4) is 0 Å². The maximum absolute atomic E-state index is 10.3. The highest BCUT2D eigenvalue weighted by molar-refractivity contribution is 5.71. The summed E-state index contributed by atoms with van der Waals surface area (Å²) < 4.78 is 0. The van der Waals surface area contributed by atoms with Gasteiger partial charge >= 0.3 is 0 Å². The number of hydrogen-bond acceptors (Lipinski definition) is 4. The Kier molecular flexibility index (Phi) is 11.1. The normalized spacial score (nSPS) is 12.8. The number of carbonyl (C=O) groups is 1. The van der Waals surface area contributed by atoms with Gasteiger partial charge in [0.2, 0.25) is 6.20 Å². The molecule has 21 heavy (non-hydrogen) atoms. The van der Waals surface area contributed by atoms with Gasteiger partial charge in [-0.25, -0.2) is 0 Å². The van der Waals surface area contributed by atoms with Gasteiger partial charge in [0.15, 0.2) is 0 Å². The molecule has 0 aromatic heterocycles. The van der Waals surface area contributed by atoms with Crippen molar-refractivity contribution in [2.75, 3.05) is 6.54 Å². The molecule has 0 aromatic rings. The first-order chi connectivity index (χ1) is 10.1. The lowest BCUT2D eigenvalue weighted by molar-refractivity contribution is -0.402. The SMILES string of the molecule is C=CC(/C=C/CN/C=C/CCC(=C)C=O)C/C=C/[N+](=O)[O-]. The zero-order valence-corrected chi connectivity index (χ0v) is 12.1. The van der Waals surface area contributed by atoms with Crippen molar-refractivity contribution in [2.45, 2.75) is 19.3 Å². The number of hydrogen-bond donors (Lipinski definition) is 1. The first-order valence-electron chi connectivity index (χ1n) is 6.70. The van der Waals surface area contributed by atoms with Gasteiger partial charge in [0.1, 0.15) is 6.29 Å². The number of nitrogens with one attached hydrogen (secondary N) is 1. The van der Waals surface area contributed by atoms with Crippen molar-refractivity contribution in [3.05, 3.63) is 71.6 Å². The molecule has 0 saturated carbocycles. The topological polar surface area (TPSA) is 72.2 Å². The molecule has 0 heterocycles. The van der Waals surface area contributed by atoms with E-state index in [2.05, 4.69) is 18.5 Å². The van der Waals surface area contributed by atoms with Crippen LogP contribution in [0, 0.1) is 16.0 Å². The Morgan fingerprint density at radius 1 is 1.33 bits per heavy atom. The van der Waals surface area contributed by atoms with E-state index in [0.717, 1.165) is 18.9 Å². The molecule has 0 amide bonds. The van der Waals surface area contributed by atoms with Gasteiger partial charge in [-0.1, -0.05) is 30.9 Å². The molecule has 5 nitrogen and oxygen atoms in total. The minimum atomic E-state index is -0.477. The van der Waals surface area contributed by atoms with Crippen molar-refractivity contribution >= 4 is 6.29 Å². The minimum absolute atomic E-state index is 0.0860.